The fourth-order valence-corrected chi connectivity index (χ4v) is 1.34. The van der Waals surface area contributed by atoms with Crippen LogP contribution in [0.4, 0.5) is 11.5 Å². The maximum Gasteiger partial charge on any atom is 0.273 e. The zero-order valence-electron chi connectivity index (χ0n) is 11.4. The molecule has 0 unspecified atom stereocenters. The van der Waals surface area contributed by atoms with Crippen LogP contribution in [-0.2, 0) is 4.79 Å². The topological polar surface area (TPSA) is 110 Å². The van der Waals surface area contributed by atoms with Gasteiger partial charge in [0.15, 0.2) is 11.5 Å². The summed E-state index contributed by atoms with van der Waals surface area (Å²) in [7, 11) is 1.48. The third kappa shape index (κ3) is 3.90. The van der Waals surface area contributed by atoms with Crippen molar-refractivity contribution in [1.29, 1.82) is 0 Å². The molecule has 2 rings (SSSR count). The zero-order chi connectivity index (χ0) is 14.4. The van der Waals surface area contributed by atoms with Gasteiger partial charge >= 0.3 is 0 Å². The third-order valence-electron chi connectivity index (χ3n) is 2.46. The third-order valence-corrected chi connectivity index (χ3v) is 2.46. The first-order valence-corrected chi connectivity index (χ1v) is 6.28. The summed E-state index contributed by atoms with van der Waals surface area (Å²) in [5.74, 6) is -0.134. The Hall–Kier alpha value is -2.18. The summed E-state index contributed by atoms with van der Waals surface area (Å²) < 4.78 is 0. The lowest BCUT2D eigenvalue weighted by molar-refractivity contribution is -0.117. The summed E-state index contributed by atoms with van der Waals surface area (Å²) >= 11 is 0. The minimum absolute atomic E-state index is 0.0527. The Morgan fingerprint density at radius 3 is 2.42 bits per heavy atom. The molecule has 0 radical (unpaired) electrons. The summed E-state index contributed by atoms with van der Waals surface area (Å²) in [6, 6.07) is 1.43. The van der Waals surface area contributed by atoms with E-state index in [1.165, 1.54) is 13.1 Å². The van der Waals surface area contributed by atoms with Gasteiger partial charge in [-0.25, -0.2) is 0 Å². The van der Waals surface area contributed by atoms with Crippen molar-refractivity contribution in [3.05, 3.63) is 11.8 Å². The molecule has 0 bridgehead atoms. The van der Waals surface area contributed by atoms with E-state index >= 15 is 0 Å². The van der Waals surface area contributed by atoms with Gasteiger partial charge in [-0.1, -0.05) is 13.8 Å². The average molecular weight is 265 g/mol. The zero-order valence-corrected chi connectivity index (χ0v) is 11.4. The highest BCUT2D eigenvalue weighted by atomic mass is 16.2. The number of carbonyl (C=O) groups excluding carboxylic acids is 2. The van der Waals surface area contributed by atoms with Gasteiger partial charge in [0, 0.05) is 19.0 Å². The van der Waals surface area contributed by atoms with Crippen LogP contribution in [0.15, 0.2) is 6.07 Å². The fourth-order valence-electron chi connectivity index (χ4n) is 1.34. The van der Waals surface area contributed by atoms with Crippen LogP contribution in [0.5, 0.6) is 0 Å². The molecule has 1 fully saturated rings. The van der Waals surface area contributed by atoms with Crippen molar-refractivity contribution in [2.75, 3.05) is 18.1 Å². The van der Waals surface area contributed by atoms with E-state index in [1.807, 2.05) is 13.8 Å². The molecule has 104 valence electrons. The number of aromatic nitrogens is 2. The number of rotatable bonds is 3. The van der Waals surface area contributed by atoms with Crippen molar-refractivity contribution in [1.82, 2.24) is 15.5 Å². The van der Waals surface area contributed by atoms with Crippen molar-refractivity contribution >= 4 is 23.3 Å². The molecule has 1 aliphatic carbocycles. The lowest BCUT2D eigenvalue weighted by atomic mass is 10.3. The number of amides is 2. The van der Waals surface area contributed by atoms with Crippen molar-refractivity contribution in [3.63, 3.8) is 0 Å². The molecule has 4 N–H and O–H groups in total. The molecule has 0 spiro atoms. The number of nitrogens with two attached hydrogens (primary N) is 1. The molecular formula is C12H19N5O2. The minimum atomic E-state index is -0.407. The van der Waals surface area contributed by atoms with Gasteiger partial charge in [-0.05, 0) is 12.8 Å². The van der Waals surface area contributed by atoms with Gasteiger partial charge < -0.3 is 16.4 Å². The Morgan fingerprint density at radius 2 is 1.95 bits per heavy atom. The van der Waals surface area contributed by atoms with E-state index in [9.17, 15) is 9.59 Å². The highest BCUT2D eigenvalue weighted by Gasteiger charge is 2.30. The summed E-state index contributed by atoms with van der Waals surface area (Å²) in [4.78, 5) is 22.8. The molecule has 0 atom stereocenters. The highest BCUT2D eigenvalue weighted by molar-refractivity contribution is 5.98. The van der Waals surface area contributed by atoms with Gasteiger partial charge in [0.2, 0.25) is 5.91 Å². The first-order chi connectivity index (χ1) is 9.11. The van der Waals surface area contributed by atoms with Gasteiger partial charge in [-0.3, -0.25) is 9.59 Å². The van der Waals surface area contributed by atoms with E-state index in [2.05, 4.69) is 20.8 Å². The highest BCUT2D eigenvalue weighted by Crippen LogP contribution is 2.30. The summed E-state index contributed by atoms with van der Waals surface area (Å²) in [6.45, 7) is 4.00. The van der Waals surface area contributed by atoms with Gasteiger partial charge in [-0.15, -0.1) is 10.2 Å². The van der Waals surface area contributed by atoms with Gasteiger partial charge in [0.25, 0.3) is 5.91 Å². The molecule has 1 heterocycles. The van der Waals surface area contributed by atoms with Crippen molar-refractivity contribution in [3.8, 4) is 0 Å². The molecular weight excluding hydrogens is 246 g/mol. The van der Waals surface area contributed by atoms with Gasteiger partial charge in [-0.2, -0.15) is 0 Å². The second-order valence-electron chi connectivity index (χ2n) is 3.88. The van der Waals surface area contributed by atoms with Gasteiger partial charge in [0.05, 0.1) is 5.69 Å². The first-order valence-electron chi connectivity index (χ1n) is 6.28. The van der Waals surface area contributed by atoms with Crippen LogP contribution in [0.3, 0.4) is 0 Å². The lowest BCUT2D eigenvalue weighted by Gasteiger charge is -2.06. The van der Waals surface area contributed by atoms with Crippen LogP contribution in [0.2, 0.25) is 0 Å². The van der Waals surface area contributed by atoms with E-state index in [1.54, 1.807) is 0 Å². The normalized spacial score (nSPS) is 13.0. The number of hydrogen-bond donors (Lipinski definition) is 3. The maximum absolute atomic E-state index is 11.5. The van der Waals surface area contributed by atoms with Crippen molar-refractivity contribution in [2.45, 2.75) is 26.7 Å². The molecule has 1 aromatic rings. The molecule has 1 aliphatic rings. The summed E-state index contributed by atoms with van der Waals surface area (Å²) in [5.41, 5.74) is 5.89. The van der Waals surface area contributed by atoms with E-state index in [0.717, 1.165) is 12.8 Å². The van der Waals surface area contributed by atoms with Crippen LogP contribution < -0.4 is 16.4 Å². The summed E-state index contributed by atoms with van der Waals surface area (Å²) in [6.07, 6.45) is 1.82. The summed E-state index contributed by atoms with van der Waals surface area (Å²) in [5, 5.41) is 12.4. The Kier molecular flexibility index (Phi) is 5.23. The molecule has 2 amide bonds. The Labute approximate surface area is 112 Å². The molecule has 19 heavy (non-hydrogen) atoms. The Morgan fingerprint density at radius 1 is 1.32 bits per heavy atom. The van der Waals surface area contributed by atoms with E-state index < -0.39 is 5.91 Å². The van der Waals surface area contributed by atoms with E-state index in [-0.39, 0.29) is 29.0 Å². The largest absolute Gasteiger partial charge is 0.397 e. The standard InChI is InChI=1S/C10H13N5O2.C2H6/c1-12-10(17)8-6(11)4-7(14-15-8)13-9(16)5-2-3-5;1-2/h4-5H,2-3H2,1H3,(H,12,17)(H3,11,13,14,16);1-2H3. The van der Waals surface area contributed by atoms with Crippen molar-refractivity contribution in [2.24, 2.45) is 5.92 Å². The fraction of sp³-hybridized carbons (Fsp3) is 0.500. The number of nitrogen functional groups attached to an aromatic ring is 1. The van der Waals surface area contributed by atoms with Gasteiger partial charge in [0.1, 0.15) is 0 Å². The molecule has 1 saturated carbocycles. The van der Waals surface area contributed by atoms with Crippen LogP contribution in [0.25, 0.3) is 0 Å². The van der Waals surface area contributed by atoms with Crippen LogP contribution in [0, 0.1) is 5.92 Å². The monoisotopic (exact) mass is 265 g/mol. The van der Waals surface area contributed by atoms with E-state index in [4.69, 9.17) is 5.73 Å². The molecule has 1 aromatic heterocycles. The lowest BCUT2D eigenvalue weighted by Crippen LogP contribution is -2.22. The molecule has 0 aliphatic heterocycles. The molecule has 7 nitrogen and oxygen atoms in total. The number of carbonyl (C=O) groups is 2. The average Bonchev–Trinajstić information content (AvgIpc) is 3.25. The molecule has 7 heteroatoms. The molecule has 0 aromatic carbocycles. The smallest absolute Gasteiger partial charge is 0.273 e. The van der Waals surface area contributed by atoms with E-state index in [0.29, 0.717) is 0 Å². The van der Waals surface area contributed by atoms with Crippen molar-refractivity contribution < 1.29 is 9.59 Å². The number of anilines is 2. The second kappa shape index (κ2) is 6.67. The quantitative estimate of drug-likeness (QED) is 0.748. The Balaban J connectivity index is 0.000000861. The predicted molar refractivity (Wildman–Crippen MR) is 72.5 cm³/mol. The molecule has 0 saturated heterocycles. The minimum Gasteiger partial charge on any atom is -0.397 e. The van der Waals surface area contributed by atoms with Crippen LogP contribution >= 0.6 is 0 Å². The second-order valence-corrected chi connectivity index (χ2v) is 3.88. The van der Waals surface area contributed by atoms with Crippen LogP contribution in [0.1, 0.15) is 37.2 Å². The first kappa shape index (κ1) is 14.9. The number of nitrogens with one attached hydrogen (secondary N) is 2. The number of hydrogen-bond acceptors (Lipinski definition) is 5. The number of nitrogens with zero attached hydrogens (tertiary/aromatic N) is 2. The maximum atomic E-state index is 11.5. The Bertz CT molecular complexity index is 471. The van der Waals surface area contributed by atoms with Crippen LogP contribution in [-0.4, -0.2) is 29.1 Å². The predicted octanol–water partition coefficient (Wildman–Crippen LogP) is 0.793. The SMILES string of the molecule is CC.CNC(=O)c1nnc(NC(=O)C2CC2)cc1N.